The van der Waals surface area contributed by atoms with Crippen LogP contribution in [-0.4, -0.2) is 29.5 Å². The highest BCUT2D eigenvalue weighted by Gasteiger charge is 2.82. The van der Waals surface area contributed by atoms with E-state index in [1.807, 2.05) is 6.07 Å². The Morgan fingerprint density at radius 2 is 1.85 bits per heavy atom. The lowest BCUT2D eigenvalue weighted by Crippen LogP contribution is -2.58. The largest absolute Gasteiger partial charge is 0.426 e. The Hall–Kier alpha value is -3.63. The molecule has 2 aromatic carbocycles. The fourth-order valence-corrected chi connectivity index (χ4v) is 5.00. The van der Waals surface area contributed by atoms with Crippen LogP contribution >= 0.6 is 0 Å². The van der Waals surface area contributed by atoms with Crippen molar-refractivity contribution in [1.82, 2.24) is 0 Å². The van der Waals surface area contributed by atoms with Crippen molar-refractivity contribution >= 4 is 23.5 Å². The number of fused-ring (bicyclic) bond motifs is 1. The van der Waals surface area contributed by atoms with Gasteiger partial charge in [-0.25, -0.2) is 4.79 Å². The number of hydrogen-bond donors (Lipinski definition) is 0. The van der Waals surface area contributed by atoms with Crippen molar-refractivity contribution < 1.29 is 28.6 Å². The molecule has 174 valence electrons. The molecule has 7 heteroatoms. The van der Waals surface area contributed by atoms with E-state index in [0.717, 1.165) is 0 Å². The van der Waals surface area contributed by atoms with E-state index >= 15 is 0 Å². The van der Waals surface area contributed by atoms with E-state index in [2.05, 4.69) is 5.92 Å². The first-order valence-corrected chi connectivity index (χ1v) is 11.3. The minimum absolute atomic E-state index is 0.0595. The molecule has 3 atom stereocenters. The smallest absolute Gasteiger partial charge is 0.420 e. The maximum Gasteiger partial charge on any atom is 0.420 e. The predicted octanol–water partition coefficient (Wildman–Crippen LogP) is 4.38. The lowest BCUT2D eigenvalue weighted by Gasteiger charge is -2.40. The van der Waals surface area contributed by atoms with Crippen LogP contribution in [-0.2, 0) is 19.9 Å². The molecule has 1 saturated heterocycles. The van der Waals surface area contributed by atoms with E-state index in [1.165, 1.54) is 4.90 Å². The summed E-state index contributed by atoms with van der Waals surface area (Å²) in [5, 5.41) is 0. The third kappa shape index (κ3) is 3.06. The summed E-state index contributed by atoms with van der Waals surface area (Å²) in [6, 6.07) is 12.6. The van der Waals surface area contributed by atoms with Crippen LogP contribution in [0.15, 0.2) is 48.5 Å². The molecule has 0 spiro atoms. The number of carbonyl (C=O) groups excluding carboxylic acids is 3. The molecule has 34 heavy (non-hydrogen) atoms. The summed E-state index contributed by atoms with van der Waals surface area (Å²) in [6.45, 7) is 5.24. The van der Waals surface area contributed by atoms with Crippen molar-refractivity contribution in [3.8, 4) is 23.8 Å². The Labute approximate surface area is 198 Å². The van der Waals surface area contributed by atoms with Crippen LogP contribution in [0.3, 0.4) is 0 Å². The Morgan fingerprint density at radius 1 is 1.12 bits per heavy atom. The number of amides is 1. The molecule has 3 aliphatic rings. The van der Waals surface area contributed by atoms with Crippen LogP contribution in [0, 0.1) is 17.8 Å². The number of esters is 1. The number of ether oxygens (including phenoxy) is 3. The SMILES string of the molecule is C#CC1N(C(=O)Oc2ccccc2)c2cc(OC(=O)C(C)(C)C)ccc2C23OC12CCCC3=O. The summed E-state index contributed by atoms with van der Waals surface area (Å²) in [5.41, 5.74) is -2.05. The fraction of sp³-hybridized carbons (Fsp3) is 0.370. The molecule has 1 aliphatic carbocycles. The van der Waals surface area contributed by atoms with Crippen molar-refractivity contribution in [2.45, 2.75) is 57.3 Å². The van der Waals surface area contributed by atoms with E-state index in [0.29, 0.717) is 36.3 Å². The second kappa shape index (κ2) is 7.44. The highest BCUT2D eigenvalue weighted by molar-refractivity contribution is 6.02. The average Bonchev–Trinajstić information content (AvgIpc) is 3.51. The van der Waals surface area contributed by atoms with Crippen molar-refractivity contribution in [1.29, 1.82) is 0 Å². The molecule has 0 bridgehead atoms. The van der Waals surface area contributed by atoms with Crippen LogP contribution in [0.25, 0.3) is 0 Å². The second-order valence-corrected chi connectivity index (χ2v) is 9.89. The van der Waals surface area contributed by atoms with Gasteiger partial charge in [0.15, 0.2) is 11.4 Å². The number of para-hydroxylation sites is 1. The van der Waals surface area contributed by atoms with Crippen LogP contribution < -0.4 is 14.4 Å². The average molecular weight is 459 g/mol. The molecule has 2 aromatic rings. The lowest BCUT2D eigenvalue weighted by atomic mass is 9.68. The second-order valence-electron chi connectivity index (χ2n) is 9.89. The maximum atomic E-state index is 13.5. The molecule has 0 aromatic heterocycles. The molecule has 2 heterocycles. The molecule has 0 radical (unpaired) electrons. The molecular formula is C27H25NO6. The van der Waals surface area contributed by atoms with E-state index < -0.39 is 34.7 Å². The van der Waals surface area contributed by atoms with E-state index in [9.17, 15) is 14.4 Å². The number of ketones is 1. The molecule has 3 unspecified atom stereocenters. The van der Waals surface area contributed by atoms with Gasteiger partial charge in [0.05, 0.1) is 11.1 Å². The Balaban J connectivity index is 1.62. The number of epoxide rings is 1. The standard InChI is InChI=1S/C27H25NO6/c1-5-21-26-15-9-12-22(29)27(26,34-26)19-14-13-18(32-23(30)25(2,3)4)16-20(19)28(21)24(31)33-17-10-7-6-8-11-17/h1,6-8,10-11,13-14,16,21H,9,12,15H2,2-4H3. The number of terminal acetylenes is 1. The van der Waals surface area contributed by atoms with Crippen molar-refractivity contribution in [2.24, 2.45) is 5.41 Å². The molecule has 2 fully saturated rings. The lowest BCUT2D eigenvalue weighted by molar-refractivity contribution is -0.143. The molecule has 7 nitrogen and oxygen atoms in total. The zero-order valence-electron chi connectivity index (χ0n) is 19.3. The van der Waals surface area contributed by atoms with Gasteiger partial charge in [-0.15, -0.1) is 6.42 Å². The summed E-state index contributed by atoms with van der Waals surface area (Å²) in [5.74, 6) is 2.78. The Morgan fingerprint density at radius 3 is 2.53 bits per heavy atom. The minimum atomic E-state index is -1.20. The Bertz CT molecular complexity index is 1240. The van der Waals surface area contributed by atoms with Crippen molar-refractivity contribution in [3.63, 3.8) is 0 Å². The molecule has 1 saturated carbocycles. The summed E-state index contributed by atoms with van der Waals surface area (Å²) in [7, 11) is 0. The van der Waals surface area contributed by atoms with Crippen molar-refractivity contribution in [2.75, 3.05) is 4.90 Å². The van der Waals surface area contributed by atoms with Gasteiger partial charge in [-0.05, 0) is 57.9 Å². The topological polar surface area (TPSA) is 85.4 Å². The Kier molecular flexibility index (Phi) is 4.85. The summed E-state index contributed by atoms with van der Waals surface area (Å²) >= 11 is 0. The zero-order chi connectivity index (χ0) is 24.3. The number of carbonyl (C=O) groups is 3. The fourth-order valence-electron chi connectivity index (χ4n) is 5.00. The van der Waals surface area contributed by atoms with Gasteiger partial charge in [0.1, 0.15) is 23.1 Å². The summed E-state index contributed by atoms with van der Waals surface area (Å²) < 4.78 is 17.4. The maximum absolute atomic E-state index is 13.5. The third-order valence-electron chi connectivity index (χ3n) is 6.67. The van der Waals surface area contributed by atoms with Gasteiger partial charge >= 0.3 is 12.1 Å². The minimum Gasteiger partial charge on any atom is -0.426 e. The number of anilines is 1. The molecule has 1 amide bonds. The normalized spacial score (nSPS) is 26.9. The van der Waals surface area contributed by atoms with E-state index in [-0.39, 0.29) is 11.5 Å². The van der Waals surface area contributed by atoms with Gasteiger partial charge in [-0.1, -0.05) is 24.1 Å². The first kappa shape index (κ1) is 22.2. The van der Waals surface area contributed by atoms with Gasteiger partial charge in [0.25, 0.3) is 0 Å². The summed E-state index contributed by atoms with van der Waals surface area (Å²) in [4.78, 5) is 40.5. The molecule has 5 rings (SSSR count). The quantitative estimate of drug-likeness (QED) is 0.287. The summed E-state index contributed by atoms with van der Waals surface area (Å²) in [6.07, 6.45) is 6.78. The molecule has 2 aliphatic heterocycles. The zero-order valence-corrected chi connectivity index (χ0v) is 19.3. The highest BCUT2D eigenvalue weighted by Crippen LogP contribution is 2.69. The molecule has 0 N–H and O–H groups in total. The van der Waals surface area contributed by atoms with Gasteiger partial charge in [-0.2, -0.15) is 0 Å². The van der Waals surface area contributed by atoms with Gasteiger partial charge in [0, 0.05) is 18.1 Å². The van der Waals surface area contributed by atoms with Gasteiger partial charge < -0.3 is 14.2 Å². The highest BCUT2D eigenvalue weighted by atomic mass is 16.6. The van der Waals surface area contributed by atoms with Crippen LogP contribution in [0.4, 0.5) is 10.5 Å². The number of Topliss-reactive ketones (excluding diaryl/α,β-unsaturated/α-hetero) is 1. The van der Waals surface area contributed by atoms with Crippen molar-refractivity contribution in [3.05, 3.63) is 54.1 Å². The monoisotopic (exact) mass is 459 g/mol. The van der Waals surface area contributed by atoms with E-state index in [1.54, 1.807) is 63.2 Å². The molecular weight excluding hydrogens is 434 g/mol. The number of benzene rings is 2. The van der Waals surface area contributed by atoms with Crippen LogP contribution in [0.1, 0.15) is 45.6 Å². The third-order valence-corrected chi connectivity index (χ3v) is 6.67. The van der Waals surface area contributed by atoms with Crippen LogP contribution in [0.2, 0.25) is 0 Å². The van der Waals surface area contributed by atoms with Gasteiger partial charge in [-0.3, -0.25) is 14.5 Å². The van der Waals surface area contributed by atoms with E-state index in [4.69, 9.17) is 20.6 Å². The number of hydrogen-bond acceptors (Lipinski definition) is 6. The first-order valence-electron chi connectivity index (χ1n) is 11.3. The van der Waals surface area contributed by atoms with Gasteiger partial charge in [0.2, 0.25) is 0 Å². The number of nitrogens with zero attached hydrogens (tertiary/aromatic N) is 1. The van der Waals surface area contributed by atoms with Crippen LogP contribution in [0.5, 0.6) is 11.5 Å². The first-order chi connectivity index (χ1) is 16.1. The predicted molar refractivity (Wildman–Crippen MR) is 123 cm³/mol. The number of rotatable bonds is 2.